The van der Waals surface area contributed by atoms with Gasteiger partial charge in [-0.2, -0.15) is 4.68 Å². The number of nitrogens with zero attached hydrogens (tertiary/aromatic N) is 4. The fourth-order valence-corrected chi connectivity index (χ4v) is 1.59. The summed E-state index contributed by atoms with van der Waals surface area (Å²) in [6.07, 6.45) is 1.06. The third kappa shape index (κ3) is 3.26. The third-order valence-electron chi connectivity index (χ3n) is 2.20. The summed E-state index contributed by atoms with van der Waals surface area (Å²) in [6, 6.07) is 3.50. The van der Waals surface area contributed by atoms with Crippen LogP contribution in [0.1, 0.15) is 0 Å². The fourth-order valence-electron chi connectivity index (χ4n) is 1.37. The van der Waals surface area contributed by atoms with E-state index in [1.165, 1.54) is 6.07 Å². The number of halogens is 2. The number of carbonyl (C=O) groups is 1. The molecule has 0 unspecified atom stereocenters. The predicted molar refractivity (Wildman–Crippen MR) is 66.7 cm³/mol. The molecular formula is C10H7ClFN5O3. The molecule has 1 amide bonds. The zero-order chi connectivity index (χ0) is 14.7. The monoisotopic (exact) mass is 299 g/mol. The molecule has 0 bridgehead atoms. The Hall–Kier alpha value is -2.55. The molecule has 1 aromatic carbocycles. The molecule has 0 aliphatic carbocycles. The maximum Gasteiger partial charge on any atom is 0.490 e. The highest BCUT2D eigenvalue weighted by Crippen LogP contribution is 2.22. The zero-order valence-corrected chi connectivity index (χ0v) is 10.5. The lowest BCUT2D eigenvalue weighted by molar-refractivity contribution is -0.394. The van der Waals surface area contributed by atoms with Crippen LogP contribution in [0.25, 0.3) is 0 Å². The van der Waals surface area contributed by atoms with Crippen LogP contribution in [0.3, 0.4) is 0 Å². The predicted octanol–water partition coefficient (Wildman–Crippen LogP) is 1.62. The Morgan fingerprint density at radius 1 is 1.55 bits per heavy atom. The van der Waals surface area contributed by atoms with Crippen molar-refractivity contribution in [2.45, 2.75) is 6.54 Å². The van der Waals surface area contributed by atoms with Gasteiger partial charge < -0.3 is 15.4 Å². The molecule has 0 saturated carbocycles. The van der Waals surface area contributed by atoms with Crippen molar-refractivity contribution in [3.63, 3.8) is 0 Å². The third-order valence-corrected chi connectivity index (χ3v) is 2.51. The lowest BCUT2D eigenvalue weighted by atomic mass is 10.3. The Labute approximate surface area is 116 Å². The van der Waals surface area contributed by atoms with E-state index in [-0.39, 0.29) is 17.3 Å². The summed E-state index contributed by atoms with van der Waals surface area (Å²) in [5.74, 6) is -1.66. The minimum Gasteiger partial charge on any atom is -0.390 e. The highest BCUT2D eigenvalue weighted by atomic mass is 35.5. The van der Waals surface area contributed by atoms with E-state index in [9.17, 15) is 19.3 Å². The van der Waals surface area contributed by atoms with Crippen LogP contribution < -0.4 is 5.32 Å². The lowest BCUT2D eigenvalue weighted by Gasteiger charge is -2.05. The summed E-state index contributed by atoms with van der Waals surface area (Å²) >= 11 is 5.74. The minimum absolute atomic E-state index is 0.0444. The molecule has 1 aromatic heterocycles. The van der Waals surface area contributed by atoms with E-state index in [2.05, 4.69) is 15.4 Å². The number of nitrogens with one attached hydrogen (secondary N) is 1. The lowest BCUT2D eigenvalue weighted by Crippen LogP contribution is -2.19. The van der Waals surface area contributed by atoms with E-state index >= 15 is 0 Å². The molecule has 2 rings (SSSR count). The molecule has 0 fully saturated rings. The largest absolute Gasteiger partial charge is 0.490 e. The number of anilines is 1. The van der Waals surface area contributed by atoms with Crippen LogP contribution in [-0.4, -0.2) is 25.6 Å². The molecule has 104 valence electrons. The molecule has 2 aromatic rings. The second-order valence-electron chi connectivity index (χ2n) is 3.67. The summed E-state index contributed by atoms with van der Waals surface area (Å²) in [7, 11) is 0. The first kappa shape index (κ1) is 13.9. The number of amides is 1. The van der Waals surface area contributed by atoms with Gasteiger partial charge in [0.15, 0.2) is 0 Å². The Kier molecular flexibility index (Phi) is 3.89. The molecule has 10 heteroatoms. The molecule has 0 aliphatic heterocycles. The summed E-state index contributed by atoms with van der Waals surface area (Å²) in [5.41, 5.74) is 0.229. The van der Waals surface area contributed by atoms with Crippen molar-refractivity contribution in [3.8, 4) is 0 Å². The van der Waals surface area contributed by atoms with Crippen molar-refractivity contribution < 1.29 is 14.1 Å². The summed E-state index contributed by atoms with van der Waals surface area (Å²) < 4.78 is 13.8. The van der Waals surface area contributed by atoms with Crippen LogP contribution in [0.15, 0.2) is 24.5 Å². The van der Waals surface area contributed by atoms with Crippen molar-refractivity contribution >= 4 is 29.1 Å². The Morgan fingerprint density at radius 2 is 2.30 bits per heavy atom. The van der Waals surface area contributed by atoms with Crippen LogP contribution in [0.2, 0.25) is 5.02 Å². The number of aromatic nitrogens is 3. The van der Waals surface area contributed by atoms with Gasteiger partial charge in [0.05, 0.1) is 10.7 Å². The molecule has 0 radical (unpaired) electrons. The van der Waals surface area contributed by atoms with E-state index in [4.69, 9.17) is 11.6 Å². The molecule has 1 heterocycles. The first-order valence-electron chi connectivity index (χ1n) is 5.24. The Bertz CT molecular complexity index is 675. The van der Waals surface area contributed by atoms with Gasteiger partial charge in [0.25, 0.3) is 0 Å². The standard InChI is InChI=1S/C10H7ClFN5O3/c11-7-3-6(12)1-2-8(7)14-9(18)4-16-5-13-10(15-16)17(19)20/h1-3,5H,4H2,(H,14,18). The van der Waals surface area contributed by atoms with E-state index in [0.29, 0.717) is 0 Å². The molecule has 0 atom stereocenters. The maximum absolute atomic E-state index is 12.8. The summed E-state index contributed by atoms with van der Waals surface area (Å²) in [5, 5.41) is 16.3. The van der Waals surface area contributed by atoms with Gasteiger partial charge in [-0.25, -0.2) is 4.39 Å². The molecule has 20 heavy (non-hydrogen) atoms. The molecule has 0 aliphatic rings. The number of benzene rings is 1. The van der Waals surface area contributed by atoms with E-state index < -0.39 is 22.6 Å². The summed E-state index contributed by atoms with van der Waals surface area (Å²) in [6.45, 7) is -0.283. The maximum atomic E-state index is 12.8. The van der Waals surface area contributed by atoms with Crippen LogP contribution in [0.4, 0.5) is 16.0 Å². The van der Waals surface area contributed by atoms with Crippen LogP contribution >= 0.6 is 11.6 Å². The van der Waals surface area contributed by atoms with Crippen LogP contribution in [0.5, 0.6) is 0 Å². The fraction of sp³-hybridized carbons (Fsp3) is 0.100. The van der Waals surface area contributed by atoms with Gasteiger partial charge in [0.1, 0.15) is 12.4 Å². The average Bonchev–Trinajstić information content (AvgIpc) is 2.81. The van der Waals surface area contributed by atoms with Gasteiger partial charge in [-0.05, 0) is 23.1 Å². The topological polar surface area (TPSA) is 103 Å². The van der Waals surface area contributed by atoms with E-state index in [1.807, 2.05) is 0 Å². The zero-order valence-electron chi connectivity index (χ0n) is 9.79. The van der Waals surface area contributed by atoms with Crippen LogP contribution in [-0.2, 0) is 11.3 Å². The summed E-state index contributed by atoms with van der Waals surface area (Å²) in [4.78, 5) is 24.7. The molecular weight excluding hydrogens is 293 g/mol. The Balaban J connectivity index is 2.03. The van der Waals surface area contributed by atoms with Crippen molar-refractivity contribution in [3.05, 3.63) is 45.5 Å². The second kappa shape index (κ2) is 5.61. The van der Waals surface area contributed by atoms with Gasteiger partial charge >= 0.3 is 5.95 Å². The molecule has 8 nitrogen and oxygen atoms in total. The quantitative estimate of drug-likeness (QED) is 0.682. The smallest absolute Gasteiger partial charge is 0.390 e. The van der Waals surface area contributed by atoms with Crippen molar-refractivity contribution in [1.82, 2.24) is 14.8 Å². The number of hydrogen-bond acceptors (Lipinski definition) is 5. The van der Waals surface area contributed by atoms with E-state index in [1.54, 1.807) is 0 Å². The second-order valence-corrected chi connectivity index (χ2v) is 4.08. The van der Waals surface area contributed by atoms with Crippen molar-refractivity contribution in [1.29, 1.82) is 0 Å². The average molecular weight is 300 g/mol. The van der Waals surface area contributed by atoms with Gasteiger partial charge in [-0.1, -0.05) is 16.6 Å². The SMILES string of the molecule is O=C(Cn1cnc([N+](=O)[O-])n1)Nc1ccc(F)cc1Cl. The number of rotatable bonds is 4. The molecule has 0 saturated heterocycles. The minimum atomic E-state index is -0.773. The number of carbonyl (C=O) groups excluding carboxylic acids is 1. The van der Waals surface area contributed by atoms with E-state index in [0.717, 1.165) is 23.1 Å². The van der Waals surface area contributed by atoms with Gasteiger partial charge in [0, 0.05) is 5.10 Å². The number of nitro groups is 1. The molecule has 0 spiro atoms. The first-order valence-corrected chi connectivity index (χ1v) is 5.62. The first-order chi connectivity index (χ1) is 9.45. The van der Waals surface area contributed by atoms with Crippen molar-refractivity contribution in [2.75, 3.05) is 5.32 Å². The van der Waals surface area contributed by atoms with Gasteiger partial charge in [0.2, 0.25) is 12.2 Å². The van der Waals surface area contributed by atoms with Crippen molar-refractivity contribution in [2.24, 2.45) is 0 Å². The highest BCUT2D eigenvalue weighted by Gasteiger charge is 2.15. The highest BCUT2D eigenvalue weighted by molar-refractivity contribution is 6.33. The molecule has 1 N–H and O–H groups in total. The Morgan fingerprint density at radius 3 is 2.90 bits per heavy atom. The van der Waals surface area contributed by atoms with Crippen LogP contribution in [0, 0.1) is 15.9 Å². The van der Waals surface area contributed by atoms with Gasteiger partial charge in [-0.3, -0.25) is 4.79 Å². The normalized spacial score (nSPS) is 10.3. The number of hydrogen-bond donors (Lipinski definition) is 1. The van der Waals surface area contributed by atoms with Gasteiger partial charge in [-0.15, -0.1) is 0 Å².